The summed E-state index contributed by atoms with van der Waals surface area (Å²) in [5, 5.41) is 15.9. The minimum absolute atomic E-state index is 0.490. The molecule has 0 aromatic heterocycles. The van der Waals surface area contributed by atoms with E-state index in [1.165, 1.54) is 0 Å². The highest BCUT2D eigenvalue weighted by molar-refractivity contribution is 7.99. The summed E-state index contributed by atoms with van der Waals surface area (Å²) in [5.74, 6) is 0.979. The summed E-state index contributed by atoms with van der Waals surface area (Å²) in [7, 11) is 0. The summed E-state index contributed by atoms with van der Waals surface area (Å²) in [4.78, 5) is 1.06. The minimum atomic E-state index is 0.490. The van der Waals surface area contributed by atoms with E-state index in [1.807, 2.05) is 18.2 Å². The van der Waals surface area contributed by atoms with Crippen molar-refractivity contribution in [2.24, 2.45) is 0 Å². The summed E-state index contributed by atoms with van der Waals surface area (Å²) in [6, 6.07) is 8.75. The third-order valence-electron chi connectivity index (χ3n) is 2.43. The average Bonchev–Trinajstić information content (AvgIpc) is 2.35. The molecule has 2 N–H and O–H groups in total. The Balaban J connectivity index is 2.65. The molecule has 0 bridgehead atoms. The molecule has 0 heterocycles. The summed E-state index contributed by atoms with van der Waals surface area (Å²) >= 11 is 1.71. The molecule has 98 valence electrons. The van der Waals surface area contributed by atoms with Crippen molar-refractivity contribution in [2.75, 3.05) is 24.2 Å². The van der Waals surface area contributed by atoms with Gasteiger partial charge in [0.1, 0.15) is 6.07 Å². The number of hydrogen-bond acceptors (Lipinski definition) is 4. The Bertz CT molecular complexity index is 410. The zero-order chi connectivity index (χ0) is 13.4. The van der Waals surface area contributed by atoms with Crippen LogP contribution >= 0.6 is 11.8 Å². The number of rotatable bonds is 7. The molecule has 0 radical (unpaired) electrons. The van der Waals surface area contributed by atoms with Crippen molar-refractivity contribution in [1.82, 2.24) is 5.32 Å². The number of nitriles is 1. The lowest BCUT2D eigenvalue weighted by atomic mass is 10.2. The van der Waals surface area contributed by atoms with Gasteiger partial charge in [-0.2, -0.15) is 5.26 Å². The van der Waals surface area contributed by atoms with E-state index >= 15 is 0 Å². The molecule has 1 rings (SSSR count). The molecular weight excluding hydrogens is 242 g/mol. The van der Waals surface area contributed by atoms with Crippen LogP contribution in [0.4, 0.5) is 5.69 Å². The Hall–Kier alpha value is -1.18. The van der Waals surface area contributed by atoms with E-state index in [1.54, 1.807) is 11.8 Å². The smallest absolute Gasteiger partial charge is 0.102 e. The molecule has 0 aliphatic heterocycles. The largest absolute Gasteiger partial charge is 0.383 e. The first-order valence-corrected chi connectivity index (χ1v) is 7.30. The number of nitrogens with one attached hydrogen (secondary N) is 2. The number of nitrogens with zero attached hydrogens (tertiary/aromatic N) is 1. The second-order valence-electron chi connectivity index (χ2n) is 4.26. The predicted molar refractivity (Wildman–Crippen MR) is 79.2 cm³/mol. The molecule has 0 saturated heterocycles. The molecule has 0 fully saturated rings. The number of anilines is 1. The highest BCUT2D eigenvalue weighted by atomic mass is 32.2. The van der Waals surface area contributed by atoms with Gasteiger partial charge in [-0.25, -0.2) is 0 Å². The van der Waals surface area contributed by atoms with Gasteiger partial charge in [-0.15, -0.1) is 11.8 Å². The molecule has 0 amide bonds. The van der Waals surface area contributed by atoms with Crippen molar-refractivity contribution in [1.29, 1.82) is 5.26 Å². The SMILES string of the molecule is CCSc1cccc(NCCNC(C)C)c1C#N. The summed E-state index contributed by atoms with van der Waals surface area (Å²) in [6.07, 6.45) is 0. The van der Waals surface area contributed by atoms with Gasteiger partial charge in [0.25, 0.3) is 0 Å². The van der Waals surface area contributed by atoms with E-state index in [-0.39, 0.29) is 0 Å². The molecule has 0 aliphatic rings. The van der Waals surface area contributed by atoms with Crippen LogP contribution in [0.1, 0.15) is 26.3 Å². The van der Waals surface area contributed by atoms with E-state index in [9.17, 15) is 5.26 Å². The van der Waals surface area contributed by atoms with E-state index in [0.29, 0.717) is 6.04 Å². The average molecular weight is 263 g/mol. The zero-order valence-electron chi connectivity index (χ0n) is 11.3. The third-order valence-corrected chi connectivity index (χ3v) is 3.37. The summed E-state index contributed by atoms with van der Waals surface area (Å²) in [5.41, 5.74) is 1.69. The van der Waals surface area contributed by atoms with Gasteiger partial charge in [0.05, 0.1) is 11.3 Å². The molecule has 1 aromatic carbocycles. The molecule has 3 nitrogen and oxygen atoms in total. The Morgan fingerprint density at radius 3 is 2.72 bits per heavy atom. The molecule has 0 aliphatic carbocycles. The summed E-state index contributed by atoms with van der Waals surface area (Å²) in [6.45, 7) is 8.07. The lowest BCUT2D eigenvalue weighted by Gasteiger charge is -2.12. The van der Waals surface area contributed by atoms with Crippen LogP contribution in [-0.2, 0) is 0 Å². The highest BCUT2D eigenvalue weighted by Crippen LogP contribution is 2.27. The lowest BCUT2D eigenvalue weighted by Crippen LogP contribution is -2.28. The normalized spacial score (nSPS) is 10.4. The Labute approximate surface area is 114 Å². The minimum Gasteiger partial charge on any atom is -0.383 e. The van der Waals surface area contributed by atoms with E-state index < -0.39 is 0 Å². The Kier molecular flexibility index (Phi) is 6.63. The Morgan fingerprint density at radius 1 is 1.33 bits per heavy atom. The number of thioether (sulfide) groups is 1. The van der Waals surface area contributed by atoms with Crippen LogP contribution in [-0.4, -0.2) is 24.9 Å². The fourth-order valence-electron chi connectivity index (χ4n) is 1.63. The fraction of sp³-hybridized carbons (Fsp3) is 0.500. The van der Waals surface area contributed by atoms with Crippen molar-refractivity contribution in [3.63, 3.8) is 0 Å². The van der Waals surface area contributed by atoms with Crippen molar-refractivity contribution in [3.05, 3.63) is 23.8 Å². The van der Waals surface area contributed by atoms with Gasteiger partial charge in [-0.05, 0) is 17.9 Å². The van der Waals surface area contributed by atoms with Crippen LogP contribution in [0.2, 0.25) is 0 Å². The first kappa shape index (κ1) is 14.9. The molecule has 0 atom stereocenters. The van der Waals surface area contributed by atoms with Crippen molar-refractivity contribution < 1.29 is 0 Å². The van der Waals surface area contributed by atoms with Gasteiger partial charge in [-0.1, -0.05) is 26.8 Å². The number of hydrogen-bond donors (Lipinski definition) is 2. The molecule has 1 aromatic rings. The zero-order valence-corrected chi connectivity index (χ0v) is 12.1. The van der Waals surface area contributed by atoms with Crippen LogP contribution < -0.4 is 10.6 Å². The first-order chi connectivity index (χ1) is 8.69. The van der Waals surface area contributed by atoms with Gasteiger partial charge in [0, 0.05) is 24.0 Å². The van der Waals surface area contributed by atoms with Gasteiger partial charge >= 0.3 is 0 Å². The van der Waals surface area contributed by atoms with Crippen LogP contribution in [0, 0.1) is 11.3 Å². The molecule has 0 spiro atoms. The number of benzene rings is 1. The molecule has 0 saturated carbocycles. The molecule has 18 heavy (non-hydrogen) atoms. The standard InChI is InChI=1S/C14H21N3S/c1-4-18-14-7-5-6-13(12(14)10-15)17-9-8-16-11(2)3/h5-7,11,16-17H,4,8-9H2,1-3H3. The van der Waals surface area contributed by atoms with Gasteiger partial charge in [-0.3, -0.25) is 0 Å². The first-order valence-electron chi connectivity index (χ1n) is 6.32. The molecular formula is C14H21N3S. The second kappa shape index (κ2) is 8.02. The van der Waals surface area contributed by atoms with Crippen molar-refractivity contribution >= 4 is 17.4 Å². The lowest BCUT2D eigenvalue weighted by molar-refractivity contribution is 0.602. The van der Waals surface area contributed by atoms with Gasteiger partial charge in [0.2, 0.25) is 0 Å². The maximum Gasteiger partial charge on any atom is 0.102 e. The highest BCUT2D eigenvalue weighted by Gasteiger charge is 2.07. The van der Waals surface area contributed by atoms with E-state index in [0.717, 1.165) is 35.0 Å². The monoisotopic (exact) mass is 263 g/mol. The van der Waals surface area contributed by atoms with Gasteiger partial charge in [0.15, 0.2) is 0 Å². The molecule has 0 unspecified atom stereocenters. The Morgan fingerprint density at radius 2 is 2.11 bits per heavy atom. The third kappa shape index (κ3) is 4.59. The van der Waals surface area contributed by atoms with E-state index in [4.69, 9.17) is 0 Å². The van der Waals surface area contributed by atoms with Crippen molar-refractivity contribution in [3.8, 4) is 6.07 Å². The summed E-state index contributed by atoms with van der Waals surface area (Å²) < 4.78 is 0. The van der Waals surface area contributed by atoms with Crippen LogP contribution in [0.25, 0.3) is 0 Å². The van der Waals surface area contributed by atoms with Crippen LogP contribution in [0.5, 0.6) is 0 Å². The second-order valence-corrected chi connectivity index (χ2v) is 5.56. The topological polar surface area (TPSA) is 47.8 Å². The van der Waals surface area contributed by atoms with Crippen molar-refractivity contribution in [2.45, 2.75) is 31.7 Å². The predicted octanol–water partition coefficient (Wildman–Crippen LogP) is 3.08. The van der Waals surface area contributed by atoms with Crippen LogP contribution in [0.15, 0.2) is 23.1 Å². The maximum atomic E-state index is 9.25. The fourth-order valence-corrected chi connectivity index (χ4v) is 2.41. The quantitative estimate of drug-likeness (QED) is 0.586. The molecule has 4 heteroatoms. The van der Waals surface area contributed by atoms with Gasteiger partial charge < -0.3 is 10.6 Å². The van der Waals surface area contributed by atoms with E-state index in [2.05, 4.69) is 37.5 Å². The van der Waals surface area contributed by atoms with Crippen LogP contribution in [0.3, 0.4) is 0 Å². The maximum absolute atomic E-state index is 9.25.